The van der Waals surface area contributed by atoms with E-state index in [0.717, 1.165) is 27.6 Å². The Morgan fingerprint density at radius 3 is 2.27 bits per heavy atom. The van der Waals surface area contributed by atoms with Crippen LogP contribution in [0.1, 0.15) is 33.5 Å². The van der Waals surface area contributed by atoms with Crippen LogP contribution in [0.15, 0.2) is 109 Å². The molecule has 0 spiro atoms. The van der Waals surface area contributed by atoms with Crippen molar-refractivity contribution in [2.75, 3.05) is 11.1 Å². The van der Waals surface area contributed by atoms with Crippen LogP contribution < -0.4 is 22.1 Å². The lowest BCUT2D eigenvalue weighted by Crippen LogP contribution is -2.43. The van der Waals surface area contributed by atoms with E-state index in [9.17, 15) is 14.4 Å². The number of hydrogen-bond donors (Lipinski definition) is 5. The van der Waals surface area contributed by atoms with Crippen LogP contribution in [0.3, 0.4) is 0 Å². The van der Waals surface area contributed by atoms with Crippen molar-refractivity contribution in [2.45, 2.75) is 38.0 Å². The van der Waals surface area contributed by atoms with Gasteiger partial charge < -0.3 is 31.8 Å². The van der Waals surface area contributed by atoms with E-state index in [2.05, 4.69) is 15.6 Å². The van der Waals surface area contributed by atoms with Gasteiger partial charge in [0.15, 0.2) is 0 Å². The standard InChI is InChI=1S/C35H35N5O4/c36-28-18-16-25(19-31(28)39-34(42)29(37)17-15-23-9-3-1-4-10-23)33(41)40-32(35(43)44-22-24-11-5-2-6-12-24)20-26-21-38-30-14-8-7-13-27(26)30/h1-14,16,18-19,21,29,32,38H,15,17,20,22,36-37H2,(H,39,42)(H,40,41)/t29-,32-/m0/s1. The van der Waals surface area contributed by atoms with Gasteiger partial charge >= 0.3 is 5.97 Å². The fourth-order valence-corrected chi connectivity index (χ4v) is 4.91. The maximum atomic E-state index is 13.5. The van der Waals surface area contributed by atoms with Gasteiger partial charge in [-0.05, 0) is 53.8 Å². The summed E-state index contributed by atoms with van der Waals surface area (Å²) in [5.74, 6) is -1.50. The molecule has 9 nitrogen and oxygen atoms in total. The Balaban J connectivity index is 1.29. The van der Waals surface area contributed by atoms with Crippen LogP contribution in [-0.4, -0.2) is 34.9 Å². The summed E-state index contributed by atoms with van der Waals surface area (Å²) in [6.45, 7) is 0.0719. The van der Waals surface area contributed by atoms with Gasteiger partial charge in [-0.25, -0.2) is 4.79 Å². The third-order valence-electron chi connectivity index (χ3n) is 7.41. The number of rotatable bonds is 12. The Kier molecular flexibility index (Phi) is 9.68. The second kappa shape index (κ2) is 14.2. The van der Waals surface area contributed by atoms with Gasteiger partial charge in [-0.1, -0.05) is 78.9 Å². The highest BCUT2D eigenvalue weighted by molar-refractivity contribution is 6.02. The highest BCUT2D eigenvalue weighted by atomic mass is 16.5. The topological polar surface area (TPSA) is 152 Å². The van der Waals surface area contributed by atoms with Gasteiger partial charge in [-0.15, -0.1) is 0 Å². The molecule has 224 valence electrons. The summed E-state index contributed by atoms with van der Waals surface area (Å²) in [4.78, 5) is 42.8. The number of amides is 2. The SMILES string of the molecule is Nc1ccc(C(=O)N[C@@H](Cc2c[nH]c3ccccc23)C(=O)OCc2ccccc2)cc1NC(=O)[C@@H](N)CCc1ccccc1. The van der Waals surface area contributed by atoms with Gasteiger partial charge in [-0.3, -0.25) is 9.59 Å². The van der Waals surface area contributed by atoms with Crippen LogP contribution in [0.4, 0.5) is 11.4 Å². The number of para-hydroxylation sites is 1. The van der Waals surface area contributed by atoms with E-state index >= 15 is 0 Å². The number of anilines is 2. The Hall–Kier alpha value is -5.41. The number of fused-ring (bicyclic) bond motifs is 1. The first kappa shape index (κ1) is 30.1. The van der Waals surface area contributed by atoms with E-state index in [-0.39, 0.29) is 30.0 Å². The number of esters is 1. The number of aromatic nitrogens is 1. The molecule has 0 saturated heterocycles. The van der Waals surface area contributed by atoms with Gasteiger partial charge in [0.25, 0.3) is 5.91 Å². The molecule has 0 aliphatic rings. The van der Waals surface area contributed by atoms with E-state index in [4.69, 9.17) is 16.2 Å². The van der Waals surface area contributed by atoms with Crippen molar-refractivity contribution in [1.29, 1.82) is 0 Å². The van der Waals surface area contributed by atoms with Crippen molar-refractivity contribution in [3.8, 4) is 0 Å². The first-order valence-corrected chi connectivity index (χ1v) is 14.4. The van der Waals surface area contributed by atoms with Crippen LogP contribution in [0.25, 0.3) is 10.9 Å². The monoisotopic (exact) mass is 589 g/mol. The molecule has 0 aliphatic carbocycles. The van der Waals surface area contributed by atoms with Crippen molar-refractivity contribution >= 4 is 40.1 Å². The fraction of sp³-hybridized carbons (Fsp3) is 0.171. The quantitative estimate of drug-likeness (QED) is 0.105. The second-order valence-corrected chi connectivity index (χ2v) is 10.6. The maximum absolute atomic E-state index is 13.5. The number of ether oxygens (including phenoxy) is 1. The molecule has 44 heavy (non-hydrogen) atoms. The molecule has 0 bridgehead atoms. The molecule has 2 atom stereocenters. The highest BCUT2D eigenvalue weighted by Gasteiger charge is 2.25. The molecular formula is C35H35N5O4. The van der Waals surface area contributed by atoms with E-state index in [1.165, 1.54) is 18.2 Å². The predicted octanol–water partition coefficient (Wildman–Crippen LogP) is 4.73. The van der Waals surface area contributed by atoms with E-state index in [1.54, 1.807) is 0 Å². The molecule has 0 unspecified atom stereocenters. The van der Waals surface area contributed by atoms with E-state index in [0.29, 0.717) is 12.8 Å². The Labute approximate surface area is 255 Å². The minimum absolute atomic E-state index is 0.0719. The zero-order valence-corrected chi connectivity index (χ0v) is 24.2. The number of nitrogens with two attached hydrogens (primary N) is 2. The molecule has 7 N–H and O–H groups in total. The van der Waals surface area contributed by atoms with Crippen LogP contribution in [0.5, 0.6) is 0 Å². The number of benzene rings is 4. The molecular weight excluding hydrogens is 554 g/mol. The number of hydrogen-bond acceptors (Lipinski definition) is 6. The molecule has 0 radical (unpaired) electrons. The Morgan fingerprint density at radius 2 is 1.52 bits per heavy atom. The molecule has 4 aromatic carbocycles. The van der Waals surface area contributed by atoms with Gasteiger partial charge in [0.2, 0.25) is 5.91 Å². The summed E-state index contributed by atoms with van der Waals surface area (Å²) >= 11 is 0. The molecule has 0 fully saturated rings. The van der Waals surface area contributed by atoms with Gasteiger partial charge in [-0.2, -0.15) is 0 Å². The first-order valence-electron chi connectivity index (χ1n) is 14.4. The molecule has 1 aromatic heterocycles. The third kappa shape index (κ3) is 7.70. The van der Waals surface area contributed by atoms with Crippen LogP contribution in [0, 0.1) is 0 Å². The van der Waals surface area contributed by atoms with E-state index in [1.807, 2.05) is 91.1 Å². The Bertz CT molecular complexity index is 1740. The minimum atomic E-state index is -0.979. The fourth-order valence-electron chi connectivity index (χ4n) is 4.91. The summed E-state index contributed by atoms with van der Waals surface area (Å²) in [6, 6.07) is 29.6. The summed E-state index contributed by atoms with van der Waals surface area (Å²) in [7, 11) is 0. The molecule has 0 saturated carbocycles. The third-order valence-corrected chi connectivity index (χ3v) is 7.41. The van der Waals surface area contributed by atoms with Crippen molar-refractivity contribution in [3.05, 3.63) is 132 Å². The molecule has 2 amide bonds. The lowest BCUT2D eigenvalue weighted by molar-refractivity contribution is -0.147. The largest absolute Gasteiger partial charge is 0.459 e. The number of carbonyl (C=O) groups is 3. The molecule has 5 rings (SSSR count). The number of carbonyl (C=O) groups excluding carboxylic acids is 3. The predicted molar refractivity (Wildman–Crippen MR) is 172 cm³/mol. The first-order chi connectivity index (χ1) is 21.4. The van der Waals surface area contributed by atoms with E-state index < -0.39 is 29.9 Å². The average Bonchev–Trinajstić information content (AvgIpc) is 3.46. The van der Waals surface area contributed by atoms with Crippen molar-refractivity contribution in [1.82, 2.24) is 10.3 Å². The zero-order valence-electron chi connectivity index (χ0n) is 24.2. The smallest absolute Gasteiger partial charge is 0.329 e. The van der Waals surface area contributed by atoms with Gasteiger partial charge in [0.05, 0.1) is 17.4 Å². The summed E-state index contributed by atoms with van der Waals surface area (Å²) < 4.78 is 5.61. The lowest BCUT2D eigenvalue weighted by Gasteiger charge is -2.19. The zero-order chi connectivity index (χ0) is 30.9. The lowest BCUT2D eigenvalue weighted by atomic mass is 10.0. The summed E-state index contributed by atoms with van der Waals surface area (Å²) in [5, 5.41) is 6.52. The second-order valence-electron chi connectivity index (χ2n) is 10.6. The number of nitrogen functional groups attached to an aromatic ring is 1. The number of aryl methyl sites for hydroxylation is 1. The van der Waals surface area contributed by atoms with Crippen molar-refractivity contribution in [2.24, 2.45) is 5.73 Å². The van der Waals surface area contributed by atoms with Crippen LogP contribution >= 0.6 is 0 Å². The van der Waals surface area contributed by atoms with Crippen molar-refractivity contribution in [3.63, 3.8) is 0 Å². The molecule has 5 aromatic rings. The Morgan fingerprint density at radius 1 is 0.841 bits per heavy atom. The molecule has 0 aliphatic heterocycles. The summed E-state index contributed by atoms with van der Waals surface area (Å²) in [5.41, 5.74) is 16.7. The van der Waals surface area contributed by atoms with Crippen molar-refractivity contribution < 1.29 is 19.1 Å². The molecule has 1 heterocycles. The van der Waals surface area contributed by atoms with Crippen LogP contribution in [0.2, 0.25) is 0 Å². The maximum Gasteiger partial charge on any atom is 0.329 e. The summed E-state index contributed by atoms with van der Waals surface area (Å²) in [6.07, 6.45) is 3.12. The minimum Gasteiger partial charge on any atom is -0.459 e. The van der Waals surface area contributed by atoms with Gasteiger partial charge in [0.1, 0.15) is 12.6 Å². The number of H-pyrrole nitrogens is 1. The number of nitrogens with one attached hydrogen (secondary N) is 3. The highest BCUT2D eigenvalue weighted by Crippen LogP contribution is 2.22. The number of aromatic amines is 1. The average molecular weight is 590 g/mol. The molecule has 9 heteroatoms. The normalized spacial score (nSPS) is 12.3. The van der Waals surface area contributed by atoms with Crippen LogP contribution in [-0.2, 0) is 33.8 Å². The van der Waals surface area contributed by atoms with Gasteiger partial charge in [0, 0.05) is 29.1 Å².